The minimum absolute atomic E-state index is 0.133. The van der Waals surface area contributed by atoms with Gasteiger partial charge in [0.1, 0.15) is 5.82 Å². The van der Waals surface area contributed by atoms with Gasteiger partial charge in [-0.05, 0) is 37.8 Å². The molecule has 0 amide bonds. The van der Waals surface area contributed by atoms with Crippen LogP contribution in [-0.2, 0) is 0 Å². The maximum absolute atomic E-state index is 8.83. The first kappa shape index (κ1) is 14.1. The highest BCUT2D eigenvalue weighted by Crippen LogP contribution is 2.30. The molecule has 6 heteroatoms. The number of aromatic nitrogens is 1. The number of rotatable bonds is 4. The third-order valence-corrected chi connectivity index (χ3v) is 4.25. The van der Waals surface area contributed by atoms with Gasteiger partial charge in [-0.3, -0.25) is 4.90 Å². The van der Waals surface area contributed by atoms with Crippen molar-refractivity contribution in [1.82, 2.24) is 9.88 Å². The van der Waals surface area contributed by atoms with Crippen molar-refractivity contribution in [2.24, 2.45) is 16.8 Å². The van der Waals surface area contributed by atoms with Crippen LogP contribution in [0.25, 0.3) is 0 Å². The predicted molar refractivity (Wildman–Crippen MR) is 82.9 cm³/mol. The van der Waals surface area contributed by atoms with Gasteiger partial charge >= 0.3 is 0 Å². The van der Waals surface area contributed by atoms with Gasteiger partial charge in [-0.2, -0.15) is 0 Å². The highest BCUT2D eigenvalue weighted by atomic mass is 16.4. The largest absolute Gasteiger partial charge is 0.409 e. The smallest absolute Gasteiger partial charge is 0.170 e. The Balaban J connectivity index is 1.68. The van der Waals surface area contributed by atoms with E-state index >= 15 is 0 Å². The van der Waals surface area contributed by atoms with Crippen LogP contribution in [0.1, 0.15) is 24.1 Å². The fraction of sp³-hybridized carbons (Fsp3) is 0.600. The Morgan fingerprint density at radius 3 is 2.67 bits per heavy atom. The lowest BCUT2D eigenvalue weighted by molar-refractivity contribution is 0.247. The van der Waals surface area contributed by atoms with E-state index in [1.54, 1.807) is 0 Å². The van der Waals surface area contributed by atoms with Crippen LogP contribution >= 0.6 is 0 Å². The van der Waals surface area contributed by atoms with E-state index in [2.05, 4.69) is 19.9 Å². The Labute approximate surface area is 125 Å². The molecular weight excluding hydrogens is 266 g/mol. The van der Waals surface area contributed by atoms with E-state index < -0.39 is 0 Å². The molecule has 114 valence electrons. The molecule has 3 rings (SSSR count). The van der Waals surface area contributed by atoms with Gasteiger partial charge in [-0.25, -0.2) is 4.98 Å². The first-order valence-electron chi connectivity index (χ1n) is 7.59. The first-order valence-corrected chi connectivity index (χ1v) is 7.59. The molecule has 1 aromatic heterocycles. The molecule has 2 fully saturated rings. The lowest BCUT2D eigenvalue weighted by atomic mass is 10.2. The molecule has 0 unspecified atom stereocenters. The van der Waals surface area contributed by atoms with Crippen molar-refractivity contribution in [2.75, 3.05) is 37.6 Å². The van der Waals surface area contributed by atoms with Crippen LogP contribution in [0.4, 0.5) is 5.82 Å². The molecule has 0 spiro atoms. The average Bonchev–Trinajstić information content (AvgIpc) is 3.30. The van der Waals surface area contributed by atoms with Crippen LogP contribution < -0.4 is 10.6 Å². The number of pyridine rings is 1. The standard InChI is InChI=1S/C15H23N5O/c1-11-8-13(15(16)18-21)9-14(17-11)20-6-4-19(5-7-20)10-12-2-3-12/h8-9,12,21H,2-7,10H2,1H3,(H2,16,18). The van der Waals surface area contributed by atoms with Crippen LogP contribution in [-0.4, -0.2) is 53.7 Å². The number of anilines is 1. The summed E-state index contributed by atoms with van der Waals surface area (Å²) in [6.07, 6.45) is 2.81. The maximum atomic E-state index is 8.83. The van der Waals surface area contributed by atoms with Crippen molar-refractivity contribution in [3.63, 3.8) is 0 Å². The van der Waals surface area contributed by atoms with E-state index in [1.807, 2.05) is 19.1 Å². The summed E-state index contributed by atoms with van der Waals surface area (Å²) in [4.78, 5) is 9.42. The number of nitrogens with two attached hydrogens (primary N) is 1. The van der Waals surface area contributed by atoms with Gasteiger partial charge in [-0.15, -0.1) is 0 Å². The number of hydrogen-bond acceptors (Lipinski definition) is 5. The number of oxime groups is 1. The average molecular weight is 289 g/mol. The van der Waals surface area contributed by atoms with E-state index in [0.717, 1.165) is 49.2 Å². The fourth-order valence-corrected chi connectivity index (χ4v) is 2.84. The zero-order chi connectivity index (χ0) is 14.8. The normalized spacial score (nSPS) is 20.8. The van der Waals surface area contributed by atoms with E-state index in [0.29, 0.717) is 0 Å². The van der Waals surface area contributed by atoms with Crippen molar-refractivity contribution in [3.05, 3.63) is 23.4 Å². The summed E-state index contributed by atoms with van der Waals surface area (Å²) >= 11 is 0. The van der Waals surface area contributed by atoms with Crippen molar-refractivity contribution in [1.29, 1.82) is 0 Å². The van der Waals surface area contributed by atoms with Gasteiger partial charge in [0.15, 0.2) is 5.84 Å². The summed E-state index contributed by atoms with van der Waals surface area (Å²) < 4.78 is 0. The SMILES string of the molecule is Cc1cc(/C(N)=N/O)cc(N2CCN(CC3CC3)CC2)n1. The highest BCUT2D eigenvalue weighted by Gasteiger charge is 2.26. The Hall–Kier alpha value is -1.82. The molecule has 21 heavy (non-hydrogen) atoms. The summed E-state index contributed by atoms with van der Waals surface area (Å²) in [5, 5.41) is 11.9. The molecule has 0 atom stereocenters. The Kier molecular flexibility index (Phi) is 3.96. The maximum Gasteiger partial charge on any atom is 0.170 e. The third kappa shape index (κ3) is 3.44. The quantitative estimate of drug-likeness (QED) is 0.374. The number of aryl methyl sites for hydroxylation is 1. The van der Waals surface area contributed by atoms with Gasteiger partial charge in [0.25, 0.3) is 0 Å². The molecule has 3 N–H and O–H groups in total. The zero-order valence-electron chi connectivity index (χ0n) is 12.5. The van der Waals surface area contributed by atoms with Crippen molar-refractivity contribution in [2.45, 2.75) is 19.8 Å². The second kappa shape index (κ2) is 5.89. The second-order valence-corrected chi connectivity index (χ2v) is 6.07. The van der Waals surface area contributed by atoms with Gasteiger partial charge in [0.05, 0.1) is 0 Å². The molecule has 0 radical (unpaired) electrons. The molecule has 6 nitrogen and oxygen atoms in total. The number of nitrogens with zero attached hydrogens (tertiary/aromatic N) is 4. The zero-order valence-corrected chi connectivity index (χ0v) is 12.5. The summed E-state index contributed by atoms with van der Waals surface area (Å²) in [5.41, 5.74) is 7.30. The molecule has 2 heterocycles. The van der Waals surface area contributed by atoms with Gasteiger partial charge in [0, 0.05) is 44.0 Å². The Morgan fingerprint density at radius 1 is 1.33 bits per heavy atom. The van der Waals surface area contributed by atoms with Crippen LogP contribution in [0.3, 0.4) is 0 Å². The van der Waals surface area contributed by atoms with Crippen LogP contribution in [0.5, 0.6) is 0 Å². The summed E-state index contributed by atoms with van der Waals surface area (Å²) in [5.74, 6) is 2.00. The molecular formula is C15H23N5O. The van der Waals surface area contributed by atoms with Crippen molar-refractivity contribution < 1.29 is 5.21 Å². The van der Waals surface area contributed by atoms with E-state index in [4.69, 9.17) is 10.9 Å². The second-order valence-electron chi connectivity index (χ2n) is 6.07. The molecule has 1 aliphatic carbocycles. The van der Waals surface area contributed by atoms with E-state index in [-0.39, 0.29) is 5.84 Å². The van der Waals surface area contributed by atoms with E-state index in [1.165, 1.54) is 19.4 Å². The number of hydrogen-bond donors (Lipinski definition) is 2. The number of piperazine rings is 1. The molecule has 2 aliphatic rings. The molecule has 1 saturated carbocycles. The van der Waals surface area contributed by atoms with Crippen LogP contribution in [0.15, 0.2) is 17.3 Å². The number of amidine groups is 1. The Bertz CT molecular complexity index is 533. The van der Waals surface area contributed by atoms with Gasteiger partial charge in [0.2, 0.25) is 0 Å². The van der Waals surface area contributed by atoms with Crippen LogP contribution in [0.2, 0.25) is 0 Å². The molecule has 0 bridgehead atoms. The molecule has 1 saturated heterocycles. The van der Waals surface area contributed by atoms with Crippen LogP contribution in [0, 0.1) is 12.8 Å². The van der Waals surface area contributed by atoms with E-state index in [9.17, 15) is 0 Å². The third-order valence-electron chi connectivity index (χ3n) is 4.25. The first-order chi connectivity index (χ1) is 10.2. The topological polar surface area (TPSA) is 78.0 Å². The Morgan fingerprint density at radius 2 is 2.05 bits per heavy atom. The predicted octanol–water partition coefficient (Wildman–Crippen LogP) is 1.02. The molecule has 1 aliphatic heterocycles. The van der Waals surface area contributed by atoms with Crippen molar-refractivity contribution >= 4 is 11.7 Å². The lowest BCUT2D eigenvalue weighted by Crippen LogP contribution is -2.47. The lowest BCUT2D eigenvalue weighted by Gasteiger charge is -2.35. The summed E-state index contributed by atoms with van der Waals surface area (Å²) in [6, 6.07) is 3.74. The monoisotopic (exact) mass is 289 g/mol. The fourth-order valence-electron chi connectivity index (χ4n) is 2.84. The highest BCUT2D eigenvalue weighted by molar-refractivity contribution is 5.97. The minimum atomic E-state index is 0.133. The summed E-state index contributed by atoms with van der Waals surface area (Å²) in [7, 11) is 0. The van der Waals surface area contributed by atoms with Gasteiger partial charge in [-0.1, -0.05) is 5.16 Å². The summed E-state index contributed by atoms with van der Waals surface area (Å²) in [6.45, 7) is 7.33. The molecule has 0 aromatic carbocycles. The van der Waals surface area contributed by atoms with Gasteiger partial charge < -0.3 is 15.8 Å². The minimum Gasteiger partial charge on any atom is -0.409 e. The van der Waals surface area contributed by atoms with Crippen molar-refractivity contribution in [3.8, 4) is 0 Å². The molecule has 1 aromatic rings.